The number of aliphatic carboxylic acids is 1. The van der Waals surface area contributed by atoms with Gasteiger partial charge in [0, 0.05) is 13.1 Å². The Bertz CT molecular complexity index is 477. The highest BCUT2D eigenvalue weighted by molar-refractivity contribution is 5.69. The lowest BCUT2D eigenvalue weighted by Crippen LogP contribution is -2.32. The fourth-order valence-electron chi connectivity index (χ4n) is 2.23. The molecule has 0 bridgehead atoms. The van der Waals surface area contributed by atoms with Crippen molar-refractivity contribution in [3.8, 4) is 6.07 Å². The summed E-state index contributed by atoms with van der Waals surface area (Å²) in [4.78, 5) is 13.2. The zero-order chi connectivity index (χ0) is 15.7. The molecule has 1 aromatic carbocycles. The third kappa shape index (κ3) is 6.42. The first-order valence-electron chi connectivity index (χ1n) is 7.51. The monoisotopic (exact) mass is 288 g/mol. The molecule has 1 N–H and O–H groups in total. The number of nitriles is 1. The summed E-state index contributed by atoms with van der Waals surface area (Å²) in [6.45, 7) is 6.09. The van der Waals surface area contributed by atoms with Gasteiger partial charge in [-0.05, 0) is 30.7 Å². The zero-order valence-electron chi connectivity index (χ0n) is 12.9. The van der Waals surface area contributed by atoms with Crippen molar-refractivity contribution in [2.45, 2.75) is 39.7 Å². The lowest BCUT2D eigenvalue weighted by Gasteiger charge is -2.24. The second kappa shape index (κ2) is 9.15. The van der Waals surface area contributed by atoms with Gasteiger partial charge in [0.15, 0.2) is 0 Å². The van der Waals surface area contributed by atoms with Crippen molar-refractivity contribution in [1.29, 1.82) is 5.26 Å². The number of rotatable bonds is 9. The van der Waals surface area contributed by atoms with Gasteiger partial charge in [-0.3, -0.25) is 9.69 Å². The summed E-state index contributed by atoms with van der Waals surface area (Å²) in [6, 6.07) is 9.60. The van der Waals surface area contributed by atoms with E-state index in [1.165, 1.54) is 0 Å². The highest BCUT2D eigenvalue weighted by Gasteiger charge is 2.16. The molecular formula is C17H24N2O2. The number of nitrogens with zero attached hydrogens (tertiary/aromatic N) is 2. The molecule has 0 saturated heterocycles. The van der Waals surface area contributed by atoms with Crippen LogP contribution in [-0.2, 0) is 11.3 Å². The molecule has 1 unspecified atom stereocenters. The largest absolute Gasteiger partial charge is 0.481 e. The van der Waals surface area contributed by atoms with Gasteiger partial charge in [0.25, 0.3) is 0 Å². The van der Waals surface area contributed by atoms with E-state index in [1.54, 1.807) is 19.1 Å². The van der Waals surface area contributed by atoms with Crippen LogP contribution in [0.4, 0.5) is 0 Å². The van der Waals surface area contributed by atoms with E-state index in [-0.39, 0.29) is 5.92 Å². The standard InChI is InChI=1S/C17H24N2O2/c1-3-4-5-10-19(12-14(2)17(20)21)13-16-8-6-15(11-18)7-9-16/h6-9,14H,3-5,10,12-13H2,1-2H3,(H,20,21). The van der Waals surface area contributed by atoms with Crippen LogP contribution < -0.4 is 0 Å². The zero-order valence-corrected chi connectivity index (χ0v) is 12.9. The van der Waals surface area contributed by atoms with Crippen LogP contribution in [0.25, 0.3) is 0 Å². The number of carboxylic acids is 1. The number of hydrogen-bond donors (Lipinski definition) is 1. The molecule has 114 valence electrons. The van der Waals surface area contributed by atoms with E-state index in [0.29, 0.717) is 12.1 Å². The number of carboxylic acid groups (broad SMARTS) is 1. The molecule has 0 amide bonds. The average Bonchev–Trinajstić information content (AvgIpc) is 2.48. The summed E-state index contributed by atoms with van der Waals surface area (Å²) < 4.78 is 0. The summed E-state index contributed by atoms with van der Waals surface area (Å²) in [5.41, 5.74) is 1.76. The van der Waals surface area contributed by atoms with Gasteiger partial charge in [-0.15, -0.1) is 0 Å². The highest BCUT2D eigenvalue weighted by atomic mass is 16.4. The van der Waals surface area contributed by atoms with Crippen LogP contribution in [-0.4, -0.2) is 29.1 Å². The Labute approximate surface area is 127 Å². The first-order chi connectivity index (χ1) is 10.1. The molecule has 1 rings (SSSR count). The van der Waals surface area contributed by atoms with Crippen molar-refractivity contribution in [2.75, 3.05) is 13.1 Å². The Morgan fingerprint density at radius 2 is 2.00 bits per heavy atom. The van der Waals surface area contributed by atoms with Gasteiger partial charge < -0.3 is 5.11 Å². The molecular weight excluding hydrogens is 264 g/mol. The van der Waals surface area contributed by atoms with Crippen LogP contribution in [0.5, 0.6) is 0 Å². The van der Waals surface area contributed by atoms with E-state index in [2.05, 4.69) is 17.9 Å². The number of carbonyl (C=O) groups is 1. The molecule has 1 aromatic rings. The molecule has 0 aliphatic heterocycles. The van der Waals surface area contributed by atoms with Crippen LogP contribution >= 0.6 is 0 Å². The van der Waals surface area contributed by atoms with Gasteiger partial charge in [0.1, 0.15) is 0 Å². The summed E-state index contributed by atoms with van der Waals surface area (Å²) in [6.07, 6.45) is 3.39. The third-order valence-electron chi connectivity index (χ3n) is 3.52. The summed E-state index contributed by atoms with van der Waals surface area (Å²) >= 11 is 0. The Morgan fingerprint density at radius 1 is 1.33 bits per heavy atom. The van der Waals surface area contributed by atoms with Gasteiger partial charge in [0.2, 0.25) is 0 Å². The first kappa shape index (κ1) is 17.2. The van der Waals surface area contributed by atoms with Gasteiger partial charge in [0.05, 0.1) is 17.6 Å². The fourth-order valence-corrected chi connectivity index (χ4v) is 2.23. The predicted octanol–water partition coefficient (Wildman–Crippen LogP) is 3.27. The average molecular weight is 288 g/mol. The summed E-state index contributed by atoms with van der Waals surface area (Å²) in [5.74, 6) is -1.12. The highest BCUT2D eigenvalue weighted by Crippen LogP contribution is 2.11. The molecule has 4 heteroatoms. The van der Waals surface area contributed by atoms with Crippen molar-refractivity contribution >= 4 is 5.97 Å². The van der Waals surface area contributed by atoms with E-state index >= 15 is 0 Å². The van der Waals surface area contributed by atoms with E-state index in [1.807, 2.05) is 12.1 Å². The van der Waals surface area contributed by atoms with Crippen LogP contribution in [0.2, 0.25) is 0 Å². The van der Waals surface area contributed by atoms with E-state index < -0.39 is 5.97 Å². The van der Waals surface area contributed by atoms with Gasteiger partial charge in [-0.25, -0.2) is 0 Å². The molecule has 0 spiro atoms. The lowest BCUT2D eigenvalue weighted by atomic mass is 10.1. The van der Waals surface area contributed by atoms with Crippen molar-refractivity contribution in [2.24, 2.45) is 5.92 Å². The van der Waals surface area contributed by atoms with Gasteiger partial charge in [-0.1, -0.05) is 38.8 Å². The molecule has 0 fully saturated rings. The molecule has 21 heavy (non-hydrogen) atoms. The second-order valence-electron chi connectivity index (χ2n) is 5.49. The van der Waals surface area contributed by atoms with Crippen molar-refractivity contribution in [1.82, 2.24) is 4.90 Å². The molecule has 0 radical (unpaired) electrons. The van der Waals surface area contributed by atoms with Crippen molar-refractivity contribution in [3.05, 3.63) is 35.4 Å². The molecule has 0 saturated carbocycles. The quantitative estimate of drug-likeness (QED) is 0.708. The second-order valence-corrected chi connectivity index (χ2v) is 5.49. The maximum atomic E-state index is 11.0. The van der Waals surface area contributed by atoms with Gasteiger partial charge >= 0.3 is 5.97 Å². The van der Waals surface area contributed by atoms with Crippen LogP contribution in [0.1, 0.15) is 44.2 Å². The normalized spacial score (nSPS) is 12.1. The SMILES string of the molecule is CCCCCN(Cc1ccc(C#N)cc1)CC(C)C(=O)O. The maximum absolute atomic E-state index is 11.0. The molecule has 0 aliphatic carbocycles. The van der Waals surface area contributed by atoms with Crippen LogP contribution in [0.3, 0.4) is 0 Å². The van der Waals surface area contributed by atoms with Crippen molar-refractivity contribution < 1.29 is 9.90 Å². The van der Waals surface area contributed by atoms with Crippen molar-refractivity contribution in [3.63, 3.8) is 0 Å². The smallest absolute Gasteiger partial charge is 0.307 e. The topological polar surface area (TPSA) is 64.3 Å². The Balaban J connectivity index is 2.65. The van der Waals surface area contributed by atoms with E-state index in [9.17, 15) is 4.79 Å². The van der Waals surface area contributed by atoms with Gasteiger partial charge in [-0.2, -0.15) is 5.26 Å². The minimum Gasteiger partial charge on any atom is -0.481 e. The minimum atomic E-state index is -0.754. The summed E-state index contributed by atoms with van der Waals surface area (Å²) in [7, 11) is 0. The molecule has 0 aliphatic rings. The minimum absolute atomic E-state index is 0.370. The number of benzene rings is 1. The fraction of sp³-hybridized carbons (Fsp3) is 0.529. The van der Waals surface area contributed by atoms with Crippen LogP contribution in [0.15, 0.2) is 24.3 Å². The Kier molecular flexibility index (Phi) is 7.49. The summed E-state index contributed by atoms with van der Waals surface area (Å²) in [5, 5.41) is 17.9. The maximum Gasteiger partial charge on any atom is 0.307 e. The molecule has 1 atom stereocenters. The van der Waals surface area contributed by atoms with Crippen LogP contribution in [0, 0.1) is 17.2 Å². The molecule has 4 nitrogen and oxygen atoms in total. The van der Waals surface area contributed by atoms with E-state index in [0.717, 1.165) is 37.9 Å². The number of unbranched alkanes of at least 4 members (excludes halogenated alkanes) is 2. The molecule has 0 heterocycles. The lowest BCUT2D eigenvalue weighted by molar-refractivity contribution is -0.141. The first-order valence-corrected chi connectivity index (χ1v) is 7.51. The molecule has 0 aromatic heterocycles. The Hall–Kier alpha value is -1.86. The number of hydrogen-bond acceptors (Lipinski definition) is 3. The Morgan fingerprint density at radius 3 is 2.52 bits per heavy atom. The van der Waals surface area contributed by atoms with E-state index in [4.69, 9.17) is 10.4 Å². The predicted molar refractivity (Wildman–Crippen MR) is 82.8 cm³/mol. The third-order valence-corrected chi connectivity index (χ3v) is 3.52.